The Labute approximate surface area is 163 Å². The van der Waals surface area contributed by atoms with Crippen LogP contribution in [0.2, 0.25) is 0 Å². The number of imidazole rings is 1. The molecule has 1 aliphatic heterocycles. The molecule has 0 aliphatic carbocycles. The van der Waals surface area contributed by atoms with Crippen molar-refractivity contribution in [3.8, 4) is 28.5 Å². The summed E-state index contributed by atoms with van der Waals surface area (Å²) >= 11 is 0. The van der Waals surface area contributed by atoms with Crippen LogP contribution in [0.3, 0.4) is 0 Å². The molecule has 2 heterocycles. The van der Waals surface area contributed by atoms with Crippen LogP contribution < -0.4 is 19.5 Å². The van der Waals surface area contributed by atoms with Gasteiger partial charge in [0.15, 0.2) is 11.5 Å². The van der Waals surface area contributed by atoms with Gasteiger partial charge in [0, 0.05) is 17.8 Å². The van der Waals surface area contributed by atoms with Crippen LogP contribution in [0.15, 0.2) is 54.7 Å². The van der Waals surface area contributed by atoms with E-state index in [1.54, 1.807) is 13.3 Å². The molecule has 1 aromatic heterocycles. The Morgan fingerprint density at radius 1 is 1.17 bits per heavy atom. The number of alkyl halides is 2. The van der Waals surface area contributed by atoms with Gasteiger partial charge in [0.05, 0.1) is 12.8 Å². The first kappa shape index (κ1) is 18.5. The number of methoxy groups -OCH3 is 1. The van der Waals surface area contributed by atoms with E-state index in [2.05, 4.69) is 24.8 Å². The summed E-state index contributed by atoms with van der Waals surface area (Å²) in [6.45, 7) is 0. The van der Waals surface area contributed by atoms with Crippen LogP contribution in [-0.4, -0.2) is 29.3 Å². The Morgan fingerprint density at radius 3 is 2.69 bits per heavy atom. The monoisotopic (exact) mass is 399 g/mol. The molecule has 1 amide bonds. The van der Waals surface area contributed by atoms with Crippen molar-refractivity contribution in [2.45, 2.75) is 6.29 Å². The number of nitrogens with zero attached hydrogens (tertiary/aromatic N) is 1. The number of carbonyl (C=O) groups excluding carboxylic acids is 1. The third kappa shape index (κ3) is 4.18. The largest absolute Gasteiger partial charge is 0.586 e. The second-order valence-corrected chi connectivity index (χ2v) is 6.06. The van der Waals surface area contributed by atoms with Crippen LogP contribution in [0.1, 0.15) is 5.56 Å². The summed E-state index contributed by atoms with van der Waals surface area (Å²) < 4.78 is 39.9. The molecule has 0 atom stereocenters. The minimum atomic E-state index is -3.68. The summed E-state index contributed by atoms with van der Waals surface area (Å²) in [6.07, 6.45) is 0.704. The zero-order valence-corrected chi connectivity index (χ0v) is 15.1. The number of nitrogens with one attached hydrogen (secondary N) is 2. The number of hydrogen-bond donors (Lipinski definition) is 2. The van der Waals surface area contributed by atoms with Crippen molar-refractivity contribution < 1.29 is 27.8 Å². The highest BCUT2D eigenvalue weighted by atomic mass is 19.3. The van der Waals surface area contributed by atoms with E-state index in [1.807, 2.05) is 24.3 Å². The summed E-state index contributed by atoms with van der Waals surface area (Å²) in [4.78, 5) is 19.3. The molecule has 9 heteroatoms. The van der Waals surface area contributed by atoms with Crippen molar-refractivity contribution >= 4 is 17.9 Å². The van der Waals surface area contributed by atoms with Crippen LogP contribution >= 0.6 is 0 Å². The van der Waals surface area contributed by atoms with Gasteiger partial charge in [-0.25, -0.2) is 4.98 Å². The number of ether oxygens (including phenoxy) is 3. The summed E-state index contributed by atoms with van der Waals surface area (Å²) in [5.41, 5.74) is 2.01. The third-order valence-electron chi connectivity index (χ3n) is 4.06. The quantitative estimate of drug-likeness (QED) is 0.632. The smallest absolute Gasteiger partial charge is 0.497 e. The normalized spacial score (nSPS) is 14.2. The first-order valence-electron chi connectivity index (χ1n) is 8.51. The van der Waals surface area contributed by atoms with E-state index in [9.17, 15) is 13.6 Å². The molecule has 2 N–H and O–H groups in total. The fraction of sp³-hybridized carbons (Fsp3) is 0.100. The molecular weight excluding hydrogens is 384 g/mol. The van der Waals surface area contributed by atoms with Crippen LogP contribution in [0.25, 0.3) is 17.3 Å². The third-order valence-corrected chi connectivity index (χ3v) is 4.06. The molecule has 0 fully saturated rings. The van der Waals surface area contributed by atoms with Gasteiger partial charge in [0.1, 0.15) is 5.75 Å². The Morgan fingerprint density at radius 2 is 1.93 bits per heavy atom. The number of hydrogen-bond acceptors (Lipinski definition) is 5. The van der Waals surface area contributed by atoms with E-state index in [-0.39, 0.29) is 17.4 Å². The molecular formula is C20H15F2N3O4. The Kier molecular flexibility index (Phi) is 4.63. The maximum atomic E-state index is 13.0. The number of benzene rings is 2. The summed E-state index contributed by atoms with van der Waals surface area (Å²) in [7, 11) is 1.59. The zero-order chi connectivity index (χ0) is 20.4. The molecule has 29 heavy (non-hydrogen) atoms. The van der Waals surface area contributed by atoms with Crippen molar-refractivity contribution in [3.05, 3.63) is 60.3 Å². The molecule has 0 bridgehead atoms. The molecule has 2 aromatic carbocycles. The van der Waals surface area contributed by atoms with E-state index < -0.39 is 12.2 Å². The molecule has 0 unspecified atom stereocenters. The van der Waals surface area contributed by atoms with Gasteiger partial charge >= 0.3 is 6.29 Å². The molecule has 3 aromatic rings. The number of fused-ring (bicyclic) bond motifs is 1. The number of rotatable bonds is 5. The van der Waals surface area contributed by atoms with Crippen molar-refractivity contribution in [2.75, 3.05) is 12.4 Å². The minimum Gasteiger partial charge on any atom is -0.497 e. The van der Waals surface area contributed by atoms with Crippen LogP contribution in [0.4, 0.5) is 14.7 Å². The average molecular weight is 399 g/mol. The zero-order valence-electron chi connectivity index (χ0n) is 15.1. The molecule has 1 aliphatic rings. The fourth-order valence-electron chi connectivity index (χ4n) is 2.69. The Bertz CT molecular complexity index is 1080. The number of anilines is 1. The van der Waals surface area contributed by atoms with Gasteiger partial charge in [-0.3, -0.25) is 10.1 Å². The number of aromatic amines is 1. The predicted octanol–water partition coefficient (Wildman–Crippen LogP) is 4.06. The first-order valence-corrected chi connectivity index (χ1v) is 8.51. The van der Waals surface area contributed by atoms with Gasteiger partial charge in [0.25, 0.3) is 5.91 Å². The molecule has 0 saturated heterocycles. The lowest BCUT2D eigenvalue weighted by atomic mass is 10.2. The van der Waals surface area contributed by atoms with E-state index in [4.69, 9.17) is 4.74 Å². The van der Waals surface area contributed by atoms with Gasteiger partial charge in [-0.05, 0) is 48.0 Å². The molecule has 148 valence electrons. The van der Waals surface area contributed by atoms with Crippen LogP contribution in [0.5, 0.6) is 17.2 Å². The lowest BCUT2D eigenvalue weighted by Crippen LogP contribution is -2.25. The lowest BCUT2D eigenvalue weighted by Gasteiger charge is -2.04. The standard InChI is InChI=1S/C20H15F2N3O4/c1-27-14-6-4-13(5-7-14)15-11-23-19(24-15)25-18(26)9-3-12-2-8-16-17(10-12)29-20(21,22)28-16/h2-11H,1H3,(H2,23,24,25,26)/b9-3+. The van der Waals surface area contributed by atoms with Gasteiger partial charge < -0.3 is 19.2 Å². The van der Waals surface area contributed by atoms with Crippen LogP contribution in [-0.2, 0) is 4.79 Å². The maximum absolute atomic E-state index is 13.0. The van der Waals surface area contributed by atoms with Crippen molar-refractivity contribution in [1.82, 2.24) is 9.97 Å². The average Bonchev–Trinajstić information content (AvgIpc) is 3.28. The van der Waals surface area contributed by atoms with Crippen molar-refractivity contribution in [2.24, 2.45) is 0 Å². The highest BCUT2D eigenvalue weighted by Gasteiger charge is 2.43. The lowest BCUT2D eigenvalue weighted by molar-refractivity contribution is -0.286. The van der Waals surface area contributed by atoms with E-state index in [0.717, 1.165) is 11.3 Å². The van der Waals surface area contributed by atoms with Crippen molar-refractivity contribution in [1.29, 1.82) is 0 Å². The highest BCUT2D eigenvalue weighted by Crippen LogP contribution is 2.41. The molecule has 0 saturated carbocycles. The fourth-order valence-corrected chi connectivity index (χ4v) is 2.69. The Hall–Kier alpha value is -3.88. The van der Waals surface area contributed by atoms with E-state index in [1.165, 1.54) is 30.4 Å². The van der Waals surface area contributed by atoms with Gasteiger partial charge in [-0.1, -0.05) is 6.07 Å². The second kappa shape index (κ2) is 7.27. The minimum absolute atomic E-state index is 0.0572. The Balaban J connectivity index is 1.40. The SMILES string of the molecule is COc1ccc(-c2c[nH]c(NC(=O)/C=C/c3ccc4c(c3)OC(F)(F)O4)n2)cc1. The van der Waals surface area contributed by atoms with E-state index >= 15 is 0 Å². The maximum Gasteiger partial charge on any atom is 0.586 e. The number of carbonyl (C=O) groups is 1. The summed E-state index contributed by atoms with van der Waals surface area (Å²) in [5.74, 6) is 0.417. The predicted molar refractivity (Wildman–Crippen MR) is 101 cm³/mol. The number of H-pyrrole nitrogens is 1. The number of amides is 1. The topological polar surface area (TPSA) is 85.5 Å². The molecule has 4 rings (SSSR count). The second-order valence-electron chi connectivity index (χ2n) is 6.06. The molecule has 0 radical (unpaired) electrons. The summed E-state index contributed by atoms with van der Waals surface area (Å²) in [6, 6.07) is 11.6. The molecule has 7 nitrogen and oxygen atoms in total. The van der Waals surface area contributed by atoms with Crippen molar-refractivity contribution in [3.63, 3.8) is 0 Å². The first-order chi connectivity index (χ1) is 13.9. The van der Waals surface area contributed by atoms with E-state index in [0.29, 0.717) is 11.3 Å². The molecule has 0 spiro atoms. The number of halogens is 2. The highest BCUT2D eigenvalue weighted by molar-refractivity contribution is 6.01. The number of aromatic nitrogens is 2. The van der Waals surface area contributed by atoms with Gasteiger partial charge in [-0.2, -0.15) is 0 Å². The van der Waals surface area contributed by atoms with Gasteiger partial charge in [0.2, 0.25) is 5.95 Å². The van der Waals surface area contributed by atoms with Crippen LogP contribution in [0, 0.1) is 0 Å². The summed E-state index contributed by atoms with van der Waals surface area (Å²) in [5, 5.41) is 2.60. The van der Waals surface area contributed by atoms with Gasteiger partial charge in [-0.15, -0.1) is 8.78 Å².